The molecule has 1 saturated carbocycles. The van der Waals surface area contributed by atoms with Crippen LogP contribution in [0.1, 0.15) is 38.5 Å². The van der Waals surface area contributed by atoms with Crippen LogP contribution in [0.25, 0.3) is 0 Å². The van der Waals surface area contributed by atoms with Crippen molar-refractivity contribution in [3.05, 3.63) is 0 Å². The molecule has 1 aliphatic heterocycles. The SMILES string of the molecule is COCCN(C(=O)CC1CCCCC1N)C1CCS(=O)(=O)C1.Cl. The third-order valence-corrected chi connectivity index (χ3v) is 6.66. The zero-order chi connectivity index (χ0) is 16.2. The van der Waals surface area contributed by atoms with E-state index in [-0.39, 0.29) is 47.8 Å². The zero-order valence-corrected chi connectivity index (χ0v) is 15.4. The van der Waals surface area contributed by atoms with E-state index in [1.54, 1.807) is 12.0 Å². The van der Waals surface area contributed by atoms with E-state index in [1.165, 1.54) is 0 Å². The number of hydrogen-bond acceptors (Lipinski definition) is 5. The van der Waals surface area contributed by atoms with Crippen LogP contribution in [-0.2, 0) is 19.4 Å². The second-order valence-electron chi connectivity index (χ2n) is 6.55. The molecule has 0 spiro atoms. The van der Waals surface area contributed by atoms with Gasteiger partial charge in [-0.15, -0.1) is 12.4 Å². The normalized spacial score (nSPS) is 29.7. The Hall–Kier alpha value is -0.370. The fraction of sp³-hybridized carbons (Fsp3) is 0.933. The maximum atomic E-state index is 12.7. The minimum atomic E-state index is -3.00. The Labute approximate surface area is 145 Å². The molecule has 23 heavy (non-hydrogen) atoms. The number of sulfone groups is 1. The molecule has 2 N–H and O–H groups in total. The third kappa shape index (κ3) is 5.89. The summed E-state index contributed by atoms with van der Waals surface area (Å²) in [5, 5.41) is 0. The molecule has 2 fully saturated rings. The van der Waals surface area contributed by atoms with Crippen LogP contribution in [0.3, 0.4) is 0 Å². The van der Waals surface area contributed by atoms with Crippen molar-refractivity contribution < 1.29 is 17.9 Å². The summed E-state index contributed by atoms with van der Waals surface area (Å²) in [5.41, 5.74) is 6.13. The number of methoxy groups -OCH3 is 1. The van der Waals surface area contributed by atoms with Gasteiger partial charge in [0.05, 0.1) is 18.1 Å². The first-order valence-corrected chi connectivity index (χ1v) is 9.99. The maximum absolute atomic E-state index is 12.7. The smallest absolute Gasteiger partial charge is 0.223 e. The topological polar surface area (TPSA) is 89.7 Å². The van der Waals surface area contributed by atoms with Gasteiger partial charge in [0.1, 0.15) is 0 Å². The number of ether oxygens (including phenoxy) is 1. The van der Waals surface area contributed by atoms with Crippen LogP contribution in [0.2, 0.25) is 0 Å². The monoisotopic (exact) mass is 368 g/mol. The van der Waals surface area contributed by atoms with Crippen molar-refractivity contribution in [2.45, 2.75) is 50.6 Å². The van der Waals surface area contributed by atoms with Crippen molar-refractivity contribution in [2.24, 2.45) is 11.7 Å². The standard InChI is InChI=1S/C15H28N2O4S.ClH/c1-21-8-7-17(13-6-9-22(19,20)11-13)15(18)10-12-4-2-3-5-14(12)16;/h12-14H,2-11,16H2,1H3;1H. The van der Waals surface area contributed by atoms with Crippen molar-refractivity contribution in [1.82, 2.24) is 4.90 Å². The number of amides is 1. The number of carbonyl (C=O) groups excluding carboxylic acids is 1. The number of halogens is 1. The first-order valence-electron chi connectivity index (χ1n) is 8.17. The largest absolute Gasteiger partial charge is 0.383 e. The lowest BCUT2D eigenvalue weighted by Gasteiger charge is -2.33. The van der Waals surface area contributed by atoms with Crippen molar-refractivity contribution >= 4 is 28.2 Å². The molecule has 3 atom stereocenters. The molecule has 8 heteroatoms. The molecule has 1 heterocycles. The number of hydrogen-bond donors (Lipinski definition) is 1. The lowest BCUT2D eigenvalue weighted by atomic mass is 9.82. The Morgan fingerprint density at radius 3 is 2.52 bits per heavy atom. The molecule has 0 aromatic carbocycles. The summed E-state index contributed by atoms with van der Waals surface area (Å²) in [6.07, 6.45) is 5.21. The Morgan fingerprint density at radius 1 is 1.26 bits per heavy atom. The van der Waals surface area contributed by atoms with E-state index in [9.17, 15) is 13.2 Å². The molecule has 6 nitrogen and oxygen atoms in total. The molecule has 1 saturated heterocycles. The molecule has 1 aliphatic carbocycles. The molecule has 0 bridgehead atoms. The van der Waals surface area contributed by atoms with Crippen molar-refractivity contribution in [3.8, 4) is 0 Å². The predicted molar refractivity (Wildman–Crippen MR) is 92.4 cm³/mol. The number of rotatable bonds is 6. The fourth-order valence-corrected chi connectivity index (χ4v) is 5.28. The maximum Gasteiger partial charge on any atom is 0.223 e. The van der Waals surface area contributed by atoms with Crippen LogP contribution >= 0.6 is 12.4 Å². The predicted octanol–water partition coefficient (Wildman–Crippen LogP) is 0.978. The van der Waals surface area contributed by atoms with Gasteiger partial charge in [0.15, 0.2) is 9.84 Å². The molecule has 0 aromatic rings. The zero-order valence-electron chi connectivity index (χ0n) is 13.8. The summed E-state index contributed by atoms with van der Waals surface area (Å²) in [6, 6.07) is -0.109. The lowest BCUT2D eigenvalue weighted by molar-refractivity contribution is -0.135. The molecule has 0 radical (unpaired) electrons. The summed E-state index contributed by atoms with van der Waals surface area (Å²) in [5.74, 6) is 0.516. The third-order valence-electron chi connectivity index (χ3n) is 4.91. The quantitative estimate of drug-likeness (QED) is 0.754. The number of carbonyl (C=O) groups is 1. The van der Waals surface area contributed by atoms with Gasteiger partial charge in [-0.2, -0.15) is 0 Å². The summed E-state index contributed by atoms with van der Waals surface area (Å²) in [7, 11) is -1.41. The van der Waals surface area contributed by atoms with Crippen molar-refractivity contribution in [1.29, 1.82) is 0 Å². The van der Waals surface area contributed by atoms with E-state index >= 15 is 0 Å². The molecule has 3 unspecified atom stereocenters. The van der Waals surface area contributed by atoms with Gasteiger partial charge in [-0.05, 0) is 25.2 Å². The van der Waals surface area contributed by atoms with E-state index in [1.807, 2.05) is 0 Å². The van der Waals surface area contributed by atoms with Crippen LogP contribution in [0.4, 0.5) is 0 Å². The van der Waals surface area contributed by atoms with Gasteiger partial charge in [0, 0.05) is 32.2 Å². The van der Waals surface area contributed by atoms with Gasteiger partial charge >= 0.3 is 0 Å². The summed E-state index contributed by atoms with van der Waals surface area (Å²) >= 11 is 0. The highest BCUT2D eigenvalue weighted by Crippen LogP contribution is 2.27. The average Bonchev–Trinajstić information content (AvgIpc) is 2.82. The van der Waals surface area contributed by atoms with Gasteiger partial charge in [-0.25, -0.2) is 8.42 Å². The highest BCUT2D eigenvalue weighted by atomic mass is 35.5. The van der Waals surface area contributed by atoms with Gasteiger partial charge in [0.25, 0.3) is 0 Å². The number of nitrogens with zero attached hydrogens (tertiary/aromatic N) is 1. The van der Waals surface area contributed by atoms with E-state index in [0.717, 1.165) is 25.7 Å². The molecule has 2 rings (SSSR count). The van der Waals surface area contributed by atoms with E-state index < -0.39 is 9.84 Å². The first-order chi connectivity index (χ1) is 10.4. The molecule has 2 aliphatic rings. The summed E-state index contributed by atoms with van der Waals surface area (Å²) in [4.78, 5) is 14.4. The summed E-state index contributed by atoms with van der Waals surface area (Å²) < 4.78 is 28.5. The van der Waals surface area contributed by atoms with E-state index in [4.69, 9.17) is 10.5 Å². The van der Waals surface area contributed by atoms with Crippen molar-refractivity contribution in [3.63, 3.8) is 0 Å². The molecule has 0 aromatic heterocycles. The van der Waals surface area contributed by atoms with Gasteiger partial charge < -0.3 is 15.4 Å². The van der Waals surface area contributed by atoms with Crippen molar-refractivity contribution in [2.75, 3.05) is 31.8 Å². The van der Waals surface area contributed by atoms with Crippen LogP contribution in [-0.4, -0.2) is 63.1 Å². The van der Waals surface area contributed by atoms with E-state index in [2.05, 4.69) is 0 Å². The van der Waals surface area contributed by atoms with Gasteiger partial charge in [-0.1, -0.05) is 12.8 Å². The van der Waals surface area contributed by atoms with Crippen LogP contribution in [0, 0.1) is 5.92 Å². The highest BCUT2D eigenvalue weighted by Gasteiger charge is 2.35. The fourth-order valence-electron chi connectivity index (χ4n) is 3.55. The molecular formula is C15H29ClN2O4S. The van der Waals surface area contributed by atoms with Gasteiger partial charge in [0.2, 0.25) is 5.91 Å². The first kappa shape index (κ1) is 20.7. The van der Waals surface area contributed by atoms with Gasteiger partial charge in [-0.3, -0.25) is 4.79 Å². The molecule has 1 amide bonds. The van der Waals surface area contributed by atoms with Crippen LogP contribution in [0.15, 0.2) is 0 Å². The van der Waals surface area contributed by atoms with Crippen LogP contribution in [0.5, 0.6) is 0 Å². The Bertz CT molecular complexity index is 486. The second-order valence-corrected chi connectivity index (χ2v) is 8.78. The number of nitrogens with two attached hydrogens (primary N) is 1. The molecular weight excluding hydrogens is 340 g/mol. The molecule has 136 valence electrons. The minimum Gasteiger partial charge on any atom is -0.383 e. The Balaban J connectivity index is 0.00000264. The second kappa shape index (κ2) is 9.20. The lowest BCUT2D eigenvalue weighted by Crippen LogP contribution is -2.45. The summed E-state index contributed by atoms with van der Waals surface area (Å²) in [6.45, 7) is 0.885. The average molecular weight is 369 g/mol. The van der Waals surface area contributed by atoms with Crippen LogP contribution < -0.4 is 5.73 Å². The van der Waals surface area contributed by atoms with E-state index in [0.29, 0.717) is 26.0 Å². The highest BCUT2D eigenvalue weighted by molar-refractivity contribution is 7.91. The Kier molecular flexibility index (Phi) is 8.27. The minimum absolute atomic E-state index is 0. The Morgan fingerprint density at radius 2 is 1.96 bits per heavy atom.